The highest BCUT2D eigenvalue weighted by Crippen LogP contribution is 2.36. The minimum Gasteiger partial charge on any atom is -0.316 e. The van der Waals surface area contributed by atoms with Gasteiger partial charge in [-0.25, -0.2) is 4.39 Å². The van der Waals surface area contributed by atoms with Gasteiger partial charge in [-0.2, -0.15) is 0 Å². The van der Waals surface area contributed by atoms with Crippen molar-refractivity contribution >= 4 is 51.6 Å². The van der Waals surface area contributed by atoms with E-state index < -0.39 is 11.2 Å². The summed E-state index contributed by atoms with van der Waals surface area (Å²) in [6, 6.07) is 2.67. The Bertz CT molecular complexity index is 489. The third kappa shape index (κ3) is 3.29. The zero-order chi connectivity index (χ0) is 14.8. The topological polar surface area (TPSA) is 29.1 Å². The molecule has 0 aromatic heterocycles. The normalized spacial score (nSPS) is 22.8. The first-order valence-corrected chi connectivity index (χ1v) is 8.74. The van der Waals surface area contributed by atoms with Crippen LogP contribution in [0.5, 0.6) is 0 Å². The second-order valence-electron chi connectivity index (χ2n) is 5.08. The lowest BCUT2D eigenvalue weighted by Crippen LogP contribution is -2.45. The maximum absolute atomic E-state index is 13.7. The Morgan fingerprint density at radius 1 is 1.45 bits per heavy atom. The fraction of sp³-hybridized carbons (Fsp3) is 0.500. The monoisotopic (exact) mass is 429 g/mol. The molecule has 6 heteroatoms. The summed E-state index contributed by atoms with van der Waals surface area (Å²) in [4.78, 5) is 12.8. The highest BCUT2D eigenvalue weighted by molar-refractivity contribution is 14.1. The molecule has 110 valence electrons. The van der Waals surface area contributed by atoms with Crippen LogP contribution in [0.3, 0.4) is 0 Å². The largest absolute Gasteiger partial charge is 0.316 e. The first-order chi connectivity index (χ1) is 9.50. The average Bonchev–Trinajstić information content (AvgIpc) is 2.44. The number of piperidine rings is 1. The van der Waals surface area contributed by atoms with Crippen molar-refractivity contribution in [3.05, 3.63) is 33.6 Å². The van der Waals surface area contributed by atoms with E-state index in [2.05, 4.69) is 27.9 Å². The summed E-state index contributed by atoms with van der Waals surface area (Å²) in [5.41, 5.74) is -0.145. The molecule has 1 aromatic carbocycles. The molecule has 1 fully saturated rings. The predicted molar refractivity (Wildman–Crippen MR) is 88.8 cm³/mol. The molecule has 1 heterocycles. The molecule has 1 saturated heterocycles. The summed E-state index contributed by atoms with van der Waals surface area (Å²) in [5.74, 6) is -0.685. The fourth-order valence-corrected chi connectivity index (χ4v) is 4.01. The first-order valence-electron chi connectivity index (χ1n) is 6.46. The molecule has 1 unspecified atom stereocenters. The molecule has 1 aromatic rings. The molecule has 0 saturated carbocycles. The van der Waals surface area contributed by atoms with Crippen molar-refractivity contribution in [2.75, 3.05) is 17.5 Å². The number of benzene rings is 1. The fourth-order valence-electron chi connectivity index (χ4n) is 2.66. The molecule has 1 aliphatic heterocycles. The molecule has 2 nitrogen and oxygen atoms in total. The molecule has 1 aliphatic rings. The van der Waals surface area contributed by atoms with Crippen LogP contribution < -0.4 is 5.32 Å². The van der Waals surface area contributed by atoms with E-state index in [4.69, 9.17) is 23.2 Å². The summed E-state index contributed by atoms with van der Waals surface area (Å²) in [6.07, 6.45) is 2.55. The number of ketones is 1. The molecule has 0 amide bonds. The van der Waals surface area contributed by atoms with Crippen molar-refractivity contribution in [3.8, 4) is 0 Å². The van der Waals surface area contributed by atoms with Gasteiger partial charge in [0.1, 0.15) is 5.82 Å². The van der Waals surface area contributed by atoms with Crippen molar-refractivity contribution in [2.45, 2.75) is 19.3 Å². The zero-order valence-electron chi connectivity index (χ0n) is 10.8. The second-order valence-corrected chi connectivity index (χ2v) is 6.95. The van der Waals surface area contributed by atoms with Gasteiger partial charge in [0.25, 0.3) is 0 Å². The summed E-state index contributed by atoms with van der Waals surface area (Å²) in [5, 5.41) is 3.23. The predicted octanol–water partition coefficient (Wildman–Crippen LogP) is 4.51. The minimum absolute atomic E-state index is 0.0427. The summed E-state index contributed by atoms with van der Waals surface area (Å²) in [7, 11) is 0. The number of Topliss-reactive ketones (excluding diaryl/α,β-unsaturated/α-hetero) is 1. The minimum atomic E-state index is -0.643. The van der Waals surface area contributed by atoms with Crippen molar-refractivity contribution < 1.29 is 9.18 Å². The van der Waals surface area contributed by atoms with Crippen molar-refractivity contribution in [3.63, 3.8) is 0 Å². The van der Waals surface area contributed by atoms with Crippen molar-refractivity contribution in [1.82, 2.24) is 5.32 Å². The van der Waals surface area contributed by atoms with Gasteiger partial charge in [0.2, 0.25) is 0 Å². The van der Waals surface area contributed by atoms with Gasteiger partial charge in [0.05, 0.1) is 10.0 Å². The number of carbonyl (C=O) groups is 1. The average molecular weight is 430 g/mol. The lowest BCUT2D eigenvalue weighted by Gasteiger charge is -2.36. The second kappa shape index (κ2) is 6.90. The third-order valence-corrected chi connectivity index (χ3v) is 5.09. The molecule has 1 N–H and O–H groups in total. The number of carbonyl (C=O) groups excluding carboxylic acids is 1. The third-order valence-electron chi connectivity index (χ3n) is 3.77. The maximum Gasteiger partial charge on any atom is 0.170 e. The number of halogens is 4. The van der Waals surface area contributed by atoms with E-state index in [-0.39, 0.29) is 15.8 Å². The van der Waals surface area contributed by atoms with Gasteiger partial charge in [-0.15, -0.1) is 0 Å². The van der Waals surface area contributed by atoms with Crippen molar-refractivity contribution in [1.29, 1.82) is 0 Å². The van der Waals surface area contributed by atoms with E-state index in [1.165, 1.54) is 12.1 Å². The van der Waals surface area contributed by atoms with Gasteiger partial charge in [-0.3, -0.25) is 4.79 Å². The highest BCUT2D eigenvalue weighted by Gasteiger charge is 2.39. The van der Waals surface area contributed by atoms with E-state index in [0.717, 1.165) is 30.2 Å². The molecule has 0 spiro atoms. The molecule has 0 radical (unpaired) electrons. The van der Waals surface area contributed by atoms with Gasteiger partial charge in [-0.05, 0) is 37.9 Å². The Morgan fingerprint density at radius 3 is 2.75 bits per heavy atom. The van der Waals surface area contributed by atoms with Crippen LogP contribution in [-0.4, -0.2) is 23.3 Å². The van der Waals surface area contributed by atoms with Crippen LogP contribution in [-0.2, 0) is 0 Å². The Morgan fingerprint density at radius 2 is 2.20 bits per heavy atom. The Labute approximate surface area is 141 Å². The molecular weight excluding hydrogens is 415 g/mol. The van der Waals surface area contributed by atoms with Crippen LogP contribution in [0.2, 0.25) is 10.0 Å². The molecule has 1 atom stereocenters. The maximum atomic E-state index is 13.7. The van der Waals surface area contributed by atoms with Crippen LogP contribution in [0.4, 0.5) is 4.39 Å². The zero-order valence-corrected chi connectivity index (χ0v) is 14.5. The number of rotatable bonds is 4. The number of hydrogen-bond donors (Lipinski definition) is 1. The van der Waals surface area contributed by atoms with E-state index in [0.29, 0.717) is 12.1 Å². The Kier molecular flexibility index (Phi) is 5.68. The number of hydrogen-bond acceptors (Lipinski definition) is 2. The summed E-state index contributed by atoms with van der Waals surface area (Å²) < 4.78 is 14.6. The summed E-state index contributed by atoms with van der Waals surface area (Å²) >= 11 is 13.9. The molecular formula is C14H15Cl2FINO. The quantitative estimate of drug-likeness (QED) is 0.330. The standard InChI is InChI=1S/C14H15Cl2FINO/c15-10-6-9(7-11(17)12(10)16)13(20)14(3-4-18)2-1-5-19-8-14/h6-7,19H,1-5,8H2. The van der Waals surface area contributed by atoms with E-state index in [1.54, 1.807) is 0 Å². The molecule has 0 aliphatic carbocycles. The SMILES string of the molecule is O=C(c1cc(F)c(Cl)c(Cl)c1)C1(CCI)CCCNC1. The Hall–Kier alpha value is 0.0900. The van der Waals surface area contributed by atoms with E-state index >= 15 is 0 Å². The first kappa shape index (κ1) is 16.5. The van der Waals surface area contributed by atoms with Crippen LogP contribution in [0.25, 0.3) is 0 Å². The molecule has 2 rings (SSSR count). The van der Waals surface area contributed by atoms with Gasteiger partial charge in [-0.1, -0.05) is 45.8 Å². The van der Waals surface area contributed by atoms with Crippen LogP contribution in [0.15, 0.2) is 12.1 Å². The molecule has 0 bridgehead atoms. The van der Waals surface area contributed by atoms with Gasteiger partial charge < -0.3 is 5.32 Å². The van der Waals surface area contributed by atoms with E-state index in [9.17, 15) is 9.18 Å². The smallest absolute Gasteiger partial charge is 0.170 e. The van der Waals surface area contributed by atoms with Gasteiger partial charge in [0, 0.05) is 22.0 Å². The van der Waals surface area contributed by atoms with Crippen LogP contribution in [0, 0.1) is 11.2 Å². The number of nitrogens with one attached hydrogen (secondary N) is 1. The van der Waals surface area contributed by atoms with Crippen molar-refractivity contribution in [2.24, 2.45) is 5.41 Å². The van der Waals surface area contributed by atoms with Gasteiger partial charge >= 0.3 is 0 Å². The van der Waals surface area contributed by atoms with E-state index in [1.807, 2.05) is 0 Å². The lowest BCUT2D eigenvalue weighted by molar-refractivity contribution is 0.0734. The van der Waals surface area contributed by atoms with Gasteiger partial charge in [0.15, 0.2) is 5.78 Å². The highest BCUT2D eigenvalue weighted by atomic mass is 127. The Balaban J connectivity index is 2.37. The summed E-state index contributed by atoms with van der Waals surface area (Å²) in [6.45, 7) is 1.56. The number of alkyl halides is 1. The lowest BCUT2D eigenvalue weighted by atomic mass is 9.73. The van der Waals surface area contributed by atoms with Crippen LogP contribution >= 0.6 is 45.8 Å². The van der Waals surface area contributed by atoms with Crippen LogP contribution in [0.1, 0.15) is 29.6 Å². The molecule has 20 heavy (non-hydrogen) atoms.